The van der Waals surface area contributed by atoms with Crippen LogP contribution in [0, 0.1) is 5.92 Å². The molecule has 1 aliphatic rings. The minimum absolute atomic E-state index is 0.130. The molecule has 0 spiro atoms. The van der Waals surface area contributed by atoms with Crippen molar-refractivity contribution in [2.75, 3.05) is 19.6 Å². The fourth-order valence-electron chi connectivity index (χ4n) is 4.65. The Bertz CT molecular complexity index is 1290. The molecule has 0 aliphatic carbocycles. The minimum atomic E-state index is -0.130. The van der Waals surface area contributed by atoms with Gasteiger partial charge in [0.05, 0.1) is 11.7 Å². The number of fused-ring (bicyclic) bond motifs is 1. The van der Waals surface area contributed by atoms with Crippen LogP contribution in [0.4, 0.5) is 0 Å². The number of benzene rings is 2. The van der Waals surface area contributed by atoms with Gasteiger partial charge in [-0.2, -0.15) is 5.10 Å². The molecule has 2 aromatic carbocycles. The second-order valence-corrected chi connectivity index (χ2v) is 9.60. The summed E-state index contributed by atoms with van der Waals surface area (Å²) in [4.78, 5) is 19.9. The lowest BCUT2D eigenvalue weighted by molar-refractivity contribution is 0.0904. The van der Waals surface area contributed by atoms with Crippen molar-refractivity contribution >= 4 is 16.8 Å². The third kappa shape index (κ3) is 5.52. The van der Waals surface area contributed by atoms with E-state index in [4.69, 9.17) is 4.74 Å². The van der Waals surface area contributed by atoms with Crippen molar-refractivity contribution in [3.63, 3.8) is 0 Å². The maximum Gasteiger partial charge on any atom is 0.272 e. The Kier molecular flexibility index (Phi) is 6.77. The molecule has 3 heterocycles. The third-order valence-electron chi connectivity index (χ3n) is 6.35. The zero-order chi connectivity index (χ0) is 24.2. The van der Waals surface area contributed by atoms with E-state index in [1.165, 1.54) is 0 Å². The smallest absolute Gasteiger partial charge is 0.272 e. The number of hydrogen-bond donors (Lipinski definition) is 2. The molecule has 4 aromatic rings. The summed E-state index contributed by atoms with van der Waals surface area (Å²) in [6.45, 7) is 7.63. The van der Waals surface area contributed by atoms with Crippen molar-refractivity contribution in [2.24, 2.45) is 5.92 Å². The van der Waals surface area contributed by atoms with Gasteiger partial charge in [0.25, 0.3) is 5.91 Å². The highest BCUT2D eigenvalue weighted by Crippen LogP contribution is 2.29. The highest BCUT2D eigenvalue weighted by molar-refractivity contribution is 6.05. The van der Waals surface area contributed by atoms with Crippen molar-refractivity contribution in [1.29, 1.82) is 0 Å². The first kappa shape index (κ1) is 23.1. The van der Waals surface area contributed by atoms with Gasteiger partial charge in [-0.15, -0.1) is 0 Å². The standard InChI is InChI=1S/C28H31N5O2/c1-19(2)18-33-12-10-22(11-13-33)30-28(34)27-25-15-20(8-9-26(25)31-32-27)21-14-24(17-29-16-21)35-23-6-4-3-5-7-23/h3-9,14-17,19,22H,10-13,18H2,1-2H3,(H,30,34)(H,31,32). The average molecular weight is 470 g/mol. The van der Waals surface area contributed by atoms with Gasteiger partial charge in [0.2, 0.25) is 0 Å². The number of carbonyl (C=O) groups excluding carboxylic acids is 1. The van der Waals surface area contributed by atoms with E-state index in [9.17, 15) is 4.79 Å². The summed E-state index contributed by atoms with van der Waals surface area (Å²) in [5.41, 5.74) is 3.11. The Morgan fingerprint density at radius 1 is 1.06 bits per heavy atom. The summed E-state index contributed by atoms with van der Waals surface area (Å²) in [5.74, 6) is 1.94. The predicted octanol–water partition coefficient (Wildman–Crippen LogP) is 5.27. The average Bonchev–Trinajstić information content (AvgIpc) is 3.29. The Hall–Kier alpha value is -3.71. The van der Waals surface area contributed by atoms with Crippen LogP contribution in [0.3, 0.4) is 0 Å². The van der Waals surface area contributed by atoms with Gasteiger partial charge in [0.1, 0.15) is 11.5 Å². The van der Waals surface area contributed by atoms with Gasteiger partial charge in [0, 0.05) is 42.8 Å². The lowest BCUT2D eigenvalue weighted by atomic mass is 10.0. The molecule has 1 aliphatic heterocycles. The van der Waals surface area contributed by atoms with Crippen molar-refractivity contribution in [2.45, 2.75) is 32.7 Å². The maximum absolute atomic E-state index is 13.1. The number of para-hydroxylation sites is 1. The van der Waals surface area contributed by atoms with Crippen LogP contribution in [0.1, 0.15) is 37.2 Å². The van der Waals surface area contributed by atoms with Gasteiger partial charge in [-0.3, -0.25) is 14.9 Å². The van der Waals surface area contributed by atoms with Gasteiger partial charge >= 0.3 is 0 Å². The van der Waals surface area contributed by atoms with E-state index in [-0.39, 0.29) is 11.9 Å². The number of pyridine rings is 1. The molecule has 0 radical (unpaired) electrons. The molecule has 1 saturated heterocycles. The number of aromatic amines is 1. The number of rotatable bonds is 7. The first-order valence-corrected chi connectivity index (χ1v) is 12.2. The third-order valence-corrected chi connectivity index (χ3v) is 6.35. The van der Waals surface area contributed by atoms with Crippen LogP contribution in [0.15, 0.2) is 67.0 Å². The quantitative estimate of drug-likeness (QED) is 0.385. The topological polar surface area (TPSA) is 83.1 Å². The number of ether oxygens (including phenoxy) is 1. The van der Waals surface area contributed by atoms with Gasteiger partial charge < -0.3 is 15.0 Å². The first-order valence-electron chi connectivity index (χ1n) is 12.2. The number of hydrogen-bond acceptors (Lipinski definition) is 5. The number of carbonyl (C=O) groups is 1. The van der Waals surface area contributed by atoms with Gasteiger partial charge in [0.15, 0.2) is 5.69 Å². The number of aromatic nitrogens is 3. The maximum atomic E-state index is 13.1. The number of likely N-dealkylation sites (tertiary alicyclic amines) is 1. The van der Waals surface area contributed by atoms with E-state index in [1.54, 1.807) is 12.4 Å². The van der Waals surface area contributed by atoms with Crippen LogP contribution in [-0.2, 0) is 0 Å². The number of H-pyrrole nitrogens is 1. The molecular formula is C28H31N5O2. The van der Waals surface area contributed by atoms with Crippen LogP contribution in [-0.4, -0.2) is 51.7 Å². The first-order chi connectivity index (χ1) is 17.0. The molecule has 7 heteroatoms. The molecule has 180 valence electrons. The van der Waals surface area contributed by atoms with E-state index < -0.39 is 0 Å². The summed E-state index contributed by atoms with van der Waals surface area (Å²) in [6.07, 6.45) is 5.42. The molecule has 5 rings (SSSR count). The van der Waals surface area contributed by atoms with E-state index in [2.05, 4.69) is 39.2 Å². The molecule has 1 amide bonds. The Labute approximate surface area is 205 Å². The van der Waals surface area contributed by atoms with Crippen LogP contribution >= 0.6 is 0 Å². The summed E-state index contributed by atoms with van der Waals surface area (Å²) in [6, 6.07) is 17.7. The summed E-state index contributed by atoms with van der Waals surface area (Å²) in [7, 11) is 0. The fourth-order valence-corrected chi connectivity index (χ4v) is 4.65. The predicted molar refractivity (Wildman–Crippen MR) is 138 cm³/mol. The Morgan fingerprint density at radius 3 is 2.63 bits per heavy atom. The summed E-state index contributed by atoms with van der Waals surface area (Å²) < 4.78 is 5.94. The molecule has 2 N–H and O–H groups in total. The van der Waals surface area contributed by atoms with Crippen molar-refractivity contribution in [3.8, 4) is 22.6 Å². The van der Waals surface area contributed by atoms with E-state index >= 15 is 0 Å². The molecular weight excluding hydrogens is 438 g/mol. The van der Waals surface area contributed by atoms with Gasteiger partial charge in [-0.25, -0.2) is 0 Å². The van der Waals surface area contributed by atoms with E-state index in [1.807, 2.05) is 54.6 Å². The lowest BCUT2D eigenvalue weighted by Gasteiger charge is -2.33. The SMILES string of the molecule is CC(C)CN1CCC(NC(=O)c2n[nH]c3ccc(-c4cncc(Oc5ccccc5)c4)cc23)CC1. The molecule has 1 fully saturated rings. The normalized spacial score (nSPS) is 14.9. The highest BCUT2D eigenvalue weighted by Gasteiger charge is 2.23. The van der Waals surface area contributed by atoms with Crippen molar-refractivity contribution < 1.29 is 9.53 Å². The molecule has 0 atom stereocenters. The van der Waals surface area contributed by atoms with E-state index in [0.29, 0.717) is 17.4 Å². The van der Waals surface area contributed by atoms with Crippen LogP contribution in [0.2, 0.25) is 0 Å². The lowest BCUT2D eigenvalue weighted by Crippen LogP contribution is -2.45. The van der Waals surface area contributed by atoms with Gasteiger partial charge in [-0.1, -0.05) is 38.1 Å². The molecule has 2 aromatic heterocycles. The van der Waals surface area contributed by atoms with Crippen LogP contribution in [0.25, 0.3) is 22.0 Å². The Morgan fingerprint density at radius 2 is 1.86 bits per heavy atom. The zero-order valence-electron chi connectivity index (χ0n) is 20.2. The minimum Gasteiger partial charge on any atom is -0.456 e. The molecule has 35 heavy (non-hydrogen) atoms. The monoisotopic (exact) mass is 469 g/mol. The number of amides is 1. The molecule has 0 saturated carbocycles. The highest BCUT2D eigenvalue weighted by atomic mass is 16.5. The summed E-state index contributed by atoms with van der Waals surface area (Å²) >= 11 is 0. The van der Waals surface area contributed by atoms with Gasteiger partial charge in [-0.05, 0) is 54.7 Å². The largest absolute Gasteiger partial charge is 0.456 e. The summed E-state index contributed by atoms with van der Waals surface area (Å²) in [5, 5.41) is 11.3. The number of piperidine rings is 1. The second-order valence-electron chi connectivity index (χ2n) is 9.60. The van der Waals surface area contributed by atoms with Crippen LogP contribution < -0.4 is 10.1 Å². The number of nitrogens with one attached hydrogen (secondary N) is 2. The van der Waals surface area contributed by atoms with Crippen molar-refractivity contribution in [1.82, 2.24) is 25.4 Å². The number of nitrogens with zero attached hydrogens (tertiary/aromatic N) is 3. The van der Waals surface area contributed by atoms with E-state index in [0.717, 1.165) is 60.3 Å². The van der Waals surface area contributed by atoms with Crippen molar-refractivity contribution in [3.05, 3.63) is 72.7 Å². The Balaban J connectivity index is 1.31. The molecule has 0 unspecified atom stereocenters. The second kappa shape index (κ2) is 10.3. The van der Waals surface area contributed by atoms with Crippen LogP contribution in [0.5, 0.6) is 11.5 Å². The zero-order valence-corrected chi connectivity index (χ0v) is 20.2. The molecule has 0 bridgehead atoms. The molecule has 7 nitrogen and oxygen atoms in total. The fraction of sp³-hybridized carbons (Fsp3) is 0.321.